The van der Waals surface area contributed by atoms with E-state index in [0.29, 0.717) is 25.6 Å². The van der Waals surface area contributed by atoms with Gasteiger partial charge in [0.05, 0.1) is 0 Å². The van der Waals surface area contributed by atoms with Crippen molar-refractivity contribution in [3.63, 3.8) is 0 Å². The number of aromatic nitrogens is 1. The van der Waals surface area contributed by atoms with Crippen LogP contribution in [0.3, 0.4) is 0 Å². The van der Waals surface area contributed by atoms with Crippen molar-refractivity contribution in [2.45, 2.75) is 27.2 Å². The molecule has 0 amide bonds. The van der Waals surface area contributed by atoms with E-state index in [1.165, 1.54) is 0 Å². The molecule has 0 atom stereocenters. The Labute approximate surface area is 107 Å². The van der Waals surface area contributed by atoms with Gasteiger partial charge in [0, 0.05) is 25.5 Å². The smallest absolute Gasteiger partial charge is 0.339 e. The van der Waals surface area contributed by atoms with Gasteiger partial charge in [0.2, 0.25) is 0 Å². The zero-order valence-corrected chi connectivity index (χ0v) is 11.1. The molecule has 0 radical (unpaired) electrons. The Morgan fingerprint density at radius 3 is 2.83 bits per heavy atom. The van der Waals surface area contributed by atoms with Crippen LogP contribution < -0.4 is 5.32 Å². The first-order chi connectivity index (χ1) is 8.56. The number of hydrogen-bond donors (Lipinski definition) is 2. The molecule has 1 aromatic rings. The summed E-state index contributed by atoms with van der Waals surface area (Å²) in [6.45, 7) is 7.59. The predicted octanol–water partition coefficient (Wildman–Crippen LogP) is 2.24. The van der Waals surface area contributed by atoms with Crippen molar-refractivity contribution in [1.82, 2.24) is 4.98 Å². The maximum atomic E-state index is 11.2. The average molecular weight is 252 g/mol. The first kappa shape index (κ1) is 14.4. The van der Waals surface area contributed by atoms with Gasteiger partial charge in [-0.3, -0.25) is 0 Å². The van der Waals surface area contributed by atoms with Crippen LogP contribution in [0.2, 0.25) is 0 Å². The van der Waals surface area contributed by atoms with Gasteiger partial charge >= 0.3 is 5.97 Å². The van der Waals surface area contributed by atoms with Crippen molar-refractivity contribution >= 4 is 11.8 Å². The highest BCUT2D eigenvalue weighted by molar-refractivity contribution is 5.94. The Morgan fingerprint density at radius 2 is 2.22 bits per heavy atom. The molecule has 100 valence electrons. The maximum absolute atomic E-state index is 11.2. The van der Waals surface area contributed by atoms with Crippen LogP contribution >= 0.6 is 0 Å². The largest absolute Gasteiger partial charge is 0.478 e. The van der Waals surface area contributed by atoms with E-state index in [-0.39, 0.29) is 5.56 Å². The van der Waals surface area contributed by atoms with E-state index in [1.54, 1.807) is 13.0 Å². The topological polar surface area (TPSA) is 71.5 Å². The minimum Gasteiger partial charge on any atom is -0.478 e. The molecule has 0 spiro atoms. The van der Waals surface area contributed by atoms with Crippen LogP contribution in [0.4, 0.5) is 5.82 Å². The normalized spacial score (nSPS) is 10.4. The number of carboxylic acids is 1. The summed E-state index contributed by atoms with van der Waals surface area (Å²) in [4.78, 5) is 15.4. The zero-order chi connectivity index (χ0) is 13.5. The molecule has 0 aliphatic heterocycles. The van der Waals surface area contributed by atoms with Crippen LogP contribution in [0, 0.1) is 13.8 Å². The molecule has 0 saturated heterocycles. The number of rotatable bonds is 7. The van der Waals surface area contributed by atoms with Crippen molar-refractivity contribution in [3.8, 4) is 0 Å². The van der Waals surface area contributed by atoms with E-state index in [4.69, 9.17) is 4.74 Å². The van der Waals surface area contributed by atoms with E-state index in [9.17, 15) is 9.90 Å². The van der Waals surface area contributed by atoms with E-state index in [2.05, 4.69) is 10.3 Å². The second kappa shape index (κ2) is 6.96. The molecule has 0 bridgehead atoms. The second-order valence-electron chi connectivity index (χ2n) is 4.09. The monoisotopic (exact) mass is 252 g/mol. The highest BCUT2D eigenvalue weighted by atomic mass is 16.5. The Bertz CT molecular complexity index is 419. The SMILES string of the molecule is CCOCCCNc1nc(C)cc(C)c1C(=O)O. The van der Waals surface area contributed by atoms with Crippen LogP contribution in [-0.4, -0.2) is 35.8 Å². The molecule has 18 heavy (non-hydrogen) atoms. The number of aromatic carboxylic acids is 1. The highest BCUT2D eigenvalue weighted by Gasteiger charge is 2.15. The lowest BCUT2D eigenvalue weighted by Gasteiger charge is -2.11. The molecular formula is C13H20N2O3. The van der Waals surface area contributed by atoms with Crippen molar-refractivity contribution in [2.24, 2.45) is 0 Å². The third-order valence-electron chi connectivity index (χ3n) is 2.52. The number of carboxylic acid groups (broad SMARTS) is 1. The number of ether oxygens (including phenoxy) is 1. The summed E-state index contributed by atoms with van der Waals surface area (Å²) in [6, 6.07) is 1.77. The lowest BCUT2D eigenvalue weighted by molar-refractivity contribution is 0.0697. The molecule has 1 heterocycles. The lowest BCUT2D eigenvalue weighted by Crippen LogP contribution is -2.13. The van der Waals surface area contributed by atoms with Gasteiger partial charge < -0.3 is 15.2 Å². The summed E-state index contributed by atoms with van der Waals surface area (Å²) in [5, 5.41) is 12.2. The summed E-state index contributed by atoms with van der Waals surface area (Å²) in [5.41, 5.74) is 1.78. The number of anilines is 1. The molecule has 0 aliphatic carbocycles. The van der Waals surface area contributed by atoms with Crippen LogP contribution in [-0.2, 0) is 4.74 Å². The fourth-order valence-electron chi connectivity index (χ4n) is 1.76. The number of aryl methyl sites for hydroxylation is 2. The quantitative estimate of drug-likeness (QED) is 0.728. The molecule has 5 nitrogen and oxygen atoms in total. The highest BCUT2D eigenvalue weighted by Crippen LogP contribution is 2.18. The first-order valence-electron chi connectivity index (χ1n) is 6.09. The van der Waals surface area contributed by atoms with E-state index < -0.39 is 5.97 Å². The Balaban J connectivity index is 2.71. The summed E-state index contributed by atoms with van der Waals surface area (Å²) in [7, 11) is 0. The lowest BCUT2D eigenvalue weighted by atomic mass is 10.1. The minimum absolute atomic E-state index is 0.247. The van der Waals surface area contributed by atoms with Gasteiger partial charge in [-0.1, -0.05) is 0 Å². The van der Waals surface area contributed by atoms with Crippen molar-refractivity contribution in [2.75, 3.05) is 25.1 Å². The van der Waals surface area contributed by atoms with Crippen LogP contribution in [0.1, 0.15) is 35.0 Å². The van der Waals surface area contributed by atoms with Gasteiger partial charge in [0.25, 0.3) is 0 Å². The van der Waals surface area contributed by atoms with Gasteiger partial charge in [-0.25, -0.2) is 9.78 Å². The van der Waals surface area contributed by atoms with Crippen molar-refractivity contribution in [1.29, 1.82) is 0 Å². The minimum atomic E-state index is -0.952. The van der Waals surface area contributed by atoms with Crippen LogP contribution in [0.5, 0.6) is 0 Å². The molecule has 0 fully saturated rings. The van der Waals surface area contributed by atoms with Crippen molar-refractivity contribution in [3.05, 3.63) is 22.9 Å². The molecule has 1 aromatic heterocycles. The second-order valence-corrected chi connectivity index (χ2v) is 4.09. The number of nitrogens with zero attached hydrogens (tertiary/aromatic N) is 1. The third kappa shape index (κ3) is 4.00. The van der Waals surface area contributed by atoms with Gasteiger partial charge in [-0.05, 0) is 38.8 Å². The van der Waals surface area contributed by atoms with Crippen LogP contribution in [0.15, 0.2) is 6.07 Å². The molecule has 2 N–H and O–H groups in total. The first-order valence-corrected chi connectivity index (χ1v) is 6.09. The average Bonchev–Trinajstić information content (AvgIpc) is 2.27. The van der Waals surface area contributed by atoms with Crippen LogP contribution in [0.25, 0.3) is 0 Å². The molecule has 1 rings (SSSR count). The Kier molecular flexibility index (Phi) is 5.58. The summed E-state index contributed by atoms with van der Waals surface area (Å²) in [5.74, 6) is -0.510. The van der Waals surface area contributed by atoms with Crippen molar-refractivity contribution < 1.29 is 14.6 Å². The van der Waals surface area contributed by atoms with Gasteiger partial charge in [-0.15, -0.1) is 0 Å². The third-order valence-corrected chi connectivity index (χ3v) is 2.52. The Morgan fingerprint density at radius 1 is 1.50 bits per heavy atom. The summed E-state index contributed by atoms with van der Waals surface area (Å²) < 4.78 is 5.22. The maximum Gasteiger partial charge on any atom is 0.339 e. The zero-order valence-electron chi connectivity index (χ0n) is 11.1. The molecule has 0 unspecified atom stereocenters. The summed E-state index contributed by atoms with van der Waals surface area (Å²) in [6.07, 6.45) is 0.821. The Hall–Kier alpha value is -1.62. The predicted molar refractivity (Wildman–Crippen MR) is 70.3 cm³/mol. The van der Waals surface area contributed by atoms with Gasteiger partial charge in [-0.2, -0.15) is 0 Å². The van der Waals surface area contributed by atoms with Gasteiger partial charge in [0.1, 0.15) is 11.4 Å². The molecule has 5 heteroatoms. The fourth-order valence-corrected chi connectivity index (χ4v) is 1.76. The van der Waals surface area contributed by atoms with Gasteiger partial charge in [0.15, 0.2) is 0 Å². The summed E-state index contributed by atoms with van der Waals surface area (Å²) >= 11 is 0. The molecule has 0 saturated carbocycles. The molecule has 0 aliphatic rings. The number of carbonyl (C=O) groups is 1. The van der Waals surface area contributed by atoms with E-state index >= 15 is 0 Å². The fraction of sp³-hybridized carbons (Fsp3) is 0.538. The molecular weight excluding hydrogens is 232 g/mol. The standard InChI is InChI=1S/C13H20N2O3/c1-4-18-7-5-6-14-12-11(13(16)17)9(2)8-10(3)15-12/h8H,4-7H2,1-3H3,(H,14,15)(H,16,17). The number of pyridine rings is 1. The molecule has 0 aromatic carbocycles. The van der Waals surface area contributed by atoms with E-state index in [1.807, 2.05) is 13.8 Å². The number of nitrogens with one attached hydrogen (secondary N) is 1. The number of hydrogen-bond acceptors (Lipinski definition) is 4. The van der Waals surface area contributed by atoms with E-state index in [0.717, 1.165) is 17.7 Å².